The van der Waals surface area contributed by atoms with Crippen molar-refractivity contribution >= 4 is 11.5 Å². The molecule has 1 N–H and O–H groups in total. The molecule has 96 valence electrons. The van der Waals surface area contributed by atoms with Crippen molar-refractivity contribution in [3.05, 3.63) is 18.2 Å². The van der Waals surface area contributed by atoms with Crippen LogP contribution in [0.5, 0.6) is 0 Å². The van der Waals surface area contributed by atoms with Crippen molar-refractivity contribution in [1.29, 1.82) is 0 Å². The zero-order valence-electron chi connectivity index (χ0n) is 10.5. The molecule has 3 rings (SSSR count). The first-order valence-corrected chi connectivity index (χ1v) is 6.35. The molecule has 6 nitrogen and oxygen atoms in total. The number of hydrogen-bond acceptors (Lipinski definition) is 5. The predicted octanol–water partition coefficient (Wildman–Crippen LogP) is 0.784. The minimum absolute atomic E-state index is 0.131. The Morgan fingerprint density at radius 3 is 2.94 bits per heavy atom. The molecule has 0 spiro atoms. The van der Waals surface area contributed by atoms with E-state index in [4.69, 9.17) is 0 Å². The molecule has 0 saturated heterocycles. The number of nitrogens with zero attached hydrogens (tertiary/aromatic N) is 5. The second kappa shape index (κ2) is 4.53. The van der Waals surface area contributed by atoms with Crippen molar-refractivity contribution in [1.82, 2.24) is 19.6 Å². The number of hydrogen-bond donors (Lipinski definition) is 1. The highest BCUT2D eigenvalue weighted by atomic mass is 16.3. The van der Waals surface area contributed by atoms with Crippen LogP contribution in [0, 0.1) is 6.92 Å². The van der Waals surface area contributed by atoms with Crippen molar-refractivity contribution in [3.63, 3.8) is 0 Å². The molecule has 1 aliphatic rings. The molecular weight excluding hydrogens is 230 g/mol. The van der Waals surface area contributed by atoms with Crippen molar-refractivity contribution in [2.75, 3.05) is 18.1 Å². The van der Waals surface area contributed by atoms with E-state index in [1.54, 1.807) is 6.20 Å². The van der Waals surface area contributed by atoms with Crippen LogP contribution in [0.4, 0.5) is 5.82 Å². The third-order valence-electron chi connectivity index (χ3n) is 3.61. The number of rotatable bonds is 4. The maximum absolute atomic E-state index is 9.23. The highest BCUT2D eigenvalue weighted by Gasteiger charge is 2.27. The van der Waals surface area contributed by atoms with Crippen LogP contribution >= 0.6 is 0 Å². The first-order chi connectivity index (χ1) is 8.81. The van der Waals surface area contributed by atoms with Crippen molar-refractivity contribution in [3.8, 4) is 0 Å². The lowest BCUT2D eigenvalue weighted by atomic mass is 9.91. The molecule has 0 aliphatic heterocycles. The Kier molecular flexibility index (Phi) is 2.87. The second-order valence-corrected chi connectivity index (χ2v) is 4.69. The largest absolute Gasteiger partial charge is 0.395 e. The molecule has 0 radical (unpaired) electrons. The van der Waals surface area contributed by atoms with E-state index in [0.29, 0.717) is 12.6 Å². The molecule has 0 unspecified atom stereocenters. The summed E-state index contributed by atoms with van der Waals surface area (Å²) < 4.78 is 1.94. The SMILES string of the molecule is Cc1nnc2c(N(CCO)C3CCC3)nccn12. The molecule has 18 heavy (non-hydrogen) atoms. The summed E-state index contributed by atoms with van der Waals surface area (Å²) in [5.41, 5.74) is 0.773. The highest BCUT2D eigenvalue weighted by Crippen LogP contribution is 2.29. The lowest BCUT2D eigenvalue weighted by molar-refractivity contribution is 0.283. The normalized spacial score (nSPS) is 15.9. The quantitative estimate of drug-likeness (QED) is 0.865. The van der Waals surface area contributed by atoms with Gasteiger partial charge in [0.05, 0.1) is 6.61 Å². The molecule has 2 aromatic rings. The van der Waals surface area contributed by atoms with Gasteiger partial charge < -0.3 is 10.0 Å². The second-order valence-electron chi connectivity index (χ2n) is 4.69. The standard InChI is InChI=1S/C12H17N5O/c1-9-14-15-12-11(13-5-6-16(9)12)17(7-8-18)10-3-2-4-10/h5-6,10,18H,2-4,7-8H2,1H3. The molecule has 1 aliphatic carbocycles. The number of aliphatic hydroxyl groups excluding tert-OH is 1. The van der Waals surface area contributed by atoms with E-state index >= 15 is 0 Å². The Balaban J connectivity index is 2.04. The van der Waals surface area contributed by atoms with E-state index in [9.17, 15) is 5.11 Å². The number of aromatic nitrogens is 4. The molecule has 1 fully saturated rings. The van der Waals surface area contributed by atoms with Gasteiger partial charge in [-0.15, -0.1) is 10.2 Å². The number of fused-ring (bicyclic) bond motifs is 1. The van der Waals surface area contributed by atoms with Crippen LogP contribution in [0.15, 0.2) is 12.4 Å². The number of aryl methyl sites for hydroxylation is 1. The summed E-state index contributed by atoms with van der Waals surface area (Å²) in [7, 11) is 0. The van der Waals surface area contributed by atoms with E-state index < -0.39 is 0 Å². The van der Waals surface area contributed by atoms with Crippen LogP contribution < -0.4 is 4.90 Å². The third-order valence-corrected chi connectivity index (χ3v) is 3.61. The van der Waals surface area contributed by atoms with Crippen molar-refractivity contribution < 1.29 is 5.11 Å². The van der Waals surface area contributed by atoms with Gasteiger partial charge in [0.15, 0.2) is 5.82 Å². The van der Waals surface area contributed by atoms with E-state index in [1.807, 2.05) is 17.5 Å². The average molecular weight is 247 g/mol. The molecule has 1 saturated carbocycles. The van der Waals surface area contributed by atoms with Gasteiger partial charge in [0, 0.05) is 25.0 Å². The van der Waals surface area contributed by atoms with Crippen molar-refractivity contribution in [2.45, 2.75) is 32.2 Å². The van der Waals surface area contributed by atoms with Crippen LogP contribution in [0.3, 0.4) is 0 Å². The summed E-state index contributed by atoms with van der Waals surface area (Å²) in [6, 6.07) is 0.479. The molecular formula is C12H17N5O. The fourth-order valence-electron chi connectivity index (χ4n) is 2.40. The molecule has 6 heteroatoms. The smallest absolute Gasteiger partial charge is 0.203 e. The molecule has 2 heterocycles. The summed E-state index contributed by atoms with van der Waals surface area (Å²) in [6.45, 7) is 2.65. The molecule has 0 bridgehead atoms. The van der Waals surface area contributed by atoms with Gasteiger partial charge in [0.1, 0.15) is 5.82 Å². The lowest BCUT2D eigenvalue weighted by Gasteiger charge is -2.37. The van der Waals surface area contributed by atoms with Crippen LogP contribution in [-0.4, -0.2) is 43.9 Å². The maximum atomic E-state index is 9.23. The van der Waals surface area contributed by atoms with Gasteiger partial charge in [0.2, 0.25) is 5.65 Å². The van der Waals surface area contributed by atoms with Crippen molar-refractivity contribution in [2.24, 2.45) is 0 Å². The number of aliphatic hydroxyl groups is 1. The summed E-state index contributed by atoms with van der Waals surface area (Å²) in [5, 5.41) is 17.5. The Morgan fingerprint density at radius 2 is 2.28 bits per heavy atom. The van der Waals surface area contributed by atoms with Gasteiger partial charge in [-0.25, -0.2) is 4.98 Å². The Bertz CT molecular complexity index is 548. The Labute approximate surface area is 105 Å². The topological polar surface area (TPSA) is 66.5 Å². The molecule has 0 atom stereocenters. The summed E-state index contributed by atoms with van der Waals surface area (Å²) >= 11 is 0. The summed E-state index contributed by atoms with van der Waals surface area (Å²) in [6.07, 6.45) is 7.21. The summed E-state index contributed by atoms with van der Waals surface area (Å²) in [5.74, 6) is 1.68. The first-order valence-electron chi connectivity index (χ1n) is 6.35. The molecule has 2 aromatic heterocycles. The van der Waals surface area contributed by atoms with E-state index in [1.165, 1.54) is 6.42 Å². The summed E-state index contributed by atoms with van der Waals surface area (Å²) in [4.78, 5) is 6.59. The Morgan fingerprint density at radius 1 is 1.44 bits per heavy atom. The van der Waals surface area contributed by atoms with Crippen LogP contribution in [0.1, 0.15) is 25.1 Å². The fourth-order valence-corrected chi connectivity index (χ4v) is 2.40. The predicted molar refractivity (Wildman–Crippen MR) is 67.6 cm³/mol. The Hall–Kier alpha value is -1.69. The van der Waals surface area contributed by atoms with E-state index in [-0.39, 0.29) is 6.61 Å². The van der Waals surface area contributed by atoms with E-state index in [0.717, 1.165) is 30.1 Å². The maximum Gasteiger partial charge on any atom is 0.203 e. The monoisotopic (exact) mass is 247 g/mol. The lowest BCUT2D eigenvalue weighted by Crippen LogP contribution is -2.42. The van der Waals surface area contributed by atoms with Crippen LogP contribution in [0.25, 0.3) is 5.65 Å². The van der Waals surface area contributed by atoms with Gasteiger partial charge in [-0.05, 0) is 26.2 Å². The molecule has 0 amide bonds. The molecule has 0 aromatic carbocycles. The van der Waals surface area contributed by atoms with E-state index in [2.05, 4.69) is 20.1 Å². The minimum atomic E-state index is 0.131. The zero-order valence-corrected chi connectivity index (χ0v) is 10.5. The van der Waals surface area contributed by atoms with Crippen LogP contribution in [0.2, 0.25) is 0 Å². The van der Waals surface area contributed by atoms with Crippen LogP contribution in [-0.2, 0) is 0 Å². The van der Waals surface area contributed by atoms with Gasteiger partial charge in [-0.3, -0.25) is 4.40 Å². The average Bonchev–Trinajstić information content (AvgIpc) is 2.69. The van der Waals surface area contributed by atoms with Gasteiger partial charge in [-0.2, -0.15) is 0 Å². The van der Waals surface area contributed by atoms with Gasteiger partial charge in [0.25, 0.3) is 0 Å². The fraction of sp³-hybridized carbons (Fsp3) is 0.583. The highest BCUT2D eigenvalue weighted by molar-refractivity contribution is 5.64. The zero-order chi connectivity index (χ0) is 12.5. The first kappa shape index (κ1) is 11.4. The number of anilines is 1. The van der Waals surface area contributed by atoms with Gasteiger partial charge in [-0.1, -0.05) is 0 Å². The minimum Gasteiger partial charge on any atom is -0.395 e. The third kappa shape index (κ3) is 1.73. The van der Waals surface area contributed by atoms with Gasteiger partial charge >= 0.3 is 0 Å².